The fourth-order valence-corrected chi connectivity index (χ4v) is 11.0. The van der Waals surface area contributed by atoms with Crippen molar-refractivity contribution in [3.8, 4) is 0 Å². The monoisotopic (exact) mass is 1330 g/mol. The summed E-state index contributed by atoms with van der Waals surface area (Å²) in [6.07, 6.45) is 117. The summed E-state index contributed by atoms with van der Waals surface area (Å²) in [6, 6.07) is 0. The van der Waals surface area contributed by atoms with Gasteiger partial charge in [0, 0.05) is 19.4 Å². The maximum absolute atomic E-state index is 12.8. The predicted octanol–water partition coefficient (Wildman–Crippen LogP) is 25.9. The number of hydrogen-bond acceptors (Lipinski definition) is 8. The van der Waals surface area contributed by atoms with E-state index in [1.54, 1.807) is 0 Å². The van der Waals surface area contributed by atoms with Crippen LogP contribution in [0.25, 0.3) is 0 Å². The first-order chi connectivity index (χ1) is 46.8. The molecule has 0 heterocycles. The van der Waals surface area contributed by atoms with Crippen LogP contribution in [0.5, 0.6) is 0 Å². The van der Waals surface area contributed by atoms with Gasteiger partial charge in [0.2, 0.25) is 0 Å². The van der Waals surface area contributed by atoms with Crippen molar-refractivity contribution in [2.75, 3.05) is 26.4 Å². The Bertz CT molecular complexity index is 2220. The zero-order valence-corrected chi connectivity index (χ0v) is 61.5. The minimum absolute atomic E-state index is 0.0463. The van der Waals surface area contributed by atoms with Gasteiger partial charge in [0.1, 0.15) is 6.61 Å². The van der Waals surface area contributed by atoms with Crippen molar-refractivity contribution in [2.24, 2.45) is 5.73 Å². The molecule has 9 nitrogen and oxygen atoms in total. The molecule has 0 amide bonds. The molecule has 0 aliphatic carbocycles. The van der Waals surface area contributed by atoms with Gasteiger partial charge in [-0.25, -0.2) is 4.57 Å². The van der Waals surface area contributed by atoms with Crippen molar-refractivity contribution in [2.45, 2.75) is 315 Å². The van der Waals surface area contributed by atoms with E-state index in [0.29, 0.717) is 6.42 Å². The minimum atomic E-state index is -4.41. The van der Waals surface area contributed by atoms with Crippen molar-refractivity contribution in [1.29, 1.82) is 0 Å². The Labute approximate surface area is 584 Å². The fourth-order valence-electron chi connectivity index (χ4n) is 10.2. The average Bonchev–Trinajstić information content (AvgIpc) is 2.64. The number of allylic oxidation sites excluding steroid dienone is 30. The second-order valence-corrected chi connectivity index (χ2v) is 26.2. The van der Waals surface area contributed by atoms with Crippen LogP contribution in [-0.2, 0) is 32.7 Å². The molecular formula is C85H140NO8P. The first-order valence-corrected chi connectivity index (χ1v) is 39.8. The Morgan fingerprint density at radius 1 is 0.316 bits per heavy atom. The van der Waals surface area contributed by atoms with E-state index in [1.165, 1.54) is 135 Å². The van der Waals surface area contributed by atoms with Crippen LogP contribution >= 0.6 is 7.82 Å². The topological polar surface area (TPSA) is 134 Å². The van der Waals surface area contributed by atoms with Crippen LogP contribution in [0.2, 0.25) is 0 Å². The van der Waals surface area contributed by atoms with Crippen LogP contribution in [0.1, 0.15) is 309 Å². The fraction of sp³-hybridized carbons (Fsp3) is 0.624. The van der Waals surface area contributed by atoms with Crippen molar-refractivity contribution in [1.82, 2.24) is 0 Å². The molecule has 0 aliphatic heterocycles. The third kappa shape index (κ3) is 78.0. The Hall–Kier alpha value is -4.89. The van der Waals surface area contributed by atoms with E-state index < -0.39 is 26.5 Å². The molecular weight excluding hydrogens is 1190 g/mol. The highest BCUT2D eigenvalue weighted by molar-refractivity contribution is 7.47. The second kappa shape index (κ2) is 78.1. The summed E-state index contributed by atoms with van der Waals surface area (Å²) in [5.74, 6) is -0.832. The zero-order valence-electron chi connectivity index (χ0n) is 60.6. The number of nitrogens with two attached hydrogens (primary N) is 1. The first-order valence-electron chi connectivity index (χ1n) is 38.3. The third-order valence-corrected chi connectivity index (χ3v) is 16.8. The van der Waals surface area contributed by atoms with Crippen LogP contribution in [-0.4, -0.2) is 49.3 Å². The third-order valence-electron chi connectivity index (χ3n) is 15.8. The summed E-state index contributed by atoms with van der Waals surface area (Å²) in [4.78, 5) is 35.5. The van der Waals surface area contributed by atoms with Gasteiger partial charge in [0.15, 0.2) is 6.10 Å². The minimum Gasteiger partial charge on any atom is -0.462 e. The van der Waals surface area contributed by atoms with Gasteiger partial charge in [-0.1, -0.05) is 344 Å². The van der Waals surface area contributed by atoms with Crippen molar-refractivity contribution in [3.63, 3.8) is 0 Å². The van der Waals surface area contributed by atoms with Gasteiger partial charge in [0.25, 0.3) is 0 Å². The molecule has 0 rings (SSSR count). The number of phosphoric acid groups is 1. The molecule has 0 bridgehead atoms. The number of esters is 2. The van der Waals surface area contributed by atoms with E-state index in [9.17, 15) is 19.0 Å². The number of rotatable bonds is 70. The van der Waals surface area contributed by atoms with Gasteiger partial charge in [-0.05, 0) is 135 Å². The highest BCUT2D eigenvalue weighted by Crippen LogP contribution is 2.43. The lowest BCUT2D eigenvalue weighted by Gasteiger charge is -2.19. The predicted molar refractivity (Wildman–Crippen MR) is 412 cm³/mol. The summed E-state index contributed by atoms with van der Waals surface area (Å²) in [6.45, 7) is 3.52. The standard InChI is InChI=1S/C85H140NO8P/c1-3-5-7-9-11-13-15-17-19-21-23-25-27-29-31-33-35-37-39-41-43-45-47-49-51-53-55-57-59-61-63-65-67-69-71-73-75-77-84(87)91-81-83(82-93-95(89,90)92-80-79-86)94-85(88)78-76-74-72-70-68-66-64-62-60-58-56-54-52-50-48-46-44-42-40-38-36-34-32-30-28-26-24-22-20-18-16-14-12-10-8-6-4-2/h5-8,11-14,17-20,23-26,29-32,35-38,41-44,48,50,83H,3-4,9-10,15-16,21-22,27-28,33-34,39-40,45-47,49,51-82,86H2,1-2H3,(H,89,90)/b7-5-,8-6-,13-11-,14-12-,19-17-,20-18-,25-23-,26-24-,31-29-,32-30-,37-35-,38-36-,43-41-,44-42-,50-48-. The second-order valence-electron chi connectivity index (χ2n) is 24.8. The largest absolute Gasteiger partial charge is 0.472 e. The zero-order chi connectivity index (χ0) is 68.6. The van der Waals surface area contributed by atoms with Gasteiger partial charge in [0.05, 0.1) is 13.2 Å². The van der Waals surface area contributed by atoms with Gasteiger partial charge in [-0.3, -0.25) is 18.6 Å². The van der Waals surface area contributed by atoms with Crippen LogP contribution in [0.3, 0.4) is 0 Å². The molecule has 0 spiro atoms. The number of ether oxygens (including phenoxy) is 2. The molecule has 538 valence electrons. The van der Waals surface area contributed by atoms with E-state index in [2.05, 4.69) is 196 Å². The molecule has 0 radical (unpaired) electrons. The Morgan fingerprint density at radius 3 is 0.811 bits per heavy atom. The van der Waals surface area contributed by atoms with E-state index in [1.807, 2.05) is 0 Å². The lowest BCUT2D eigenvalue weighted by molar-refractivity contribution is -0.161. The van der Waals surface area contributed by atoms with Crippen molar-refractivity contribution in [3.05, 3.63) is 182 Å². The van der Waals surface area contributed by atoms with Crippen LogP contribution in [0.15, 0.2) is 182 Å². The normalized spacial score (nSPS) is 13.9. The number of carbonyl (C=O) groups excluding carboxylic acids is 2. The molecule has 10 heteroatoms. The Kier molecular flexibility index (Phi) is 74.1. The molecule has 95 heavy (non-hydrogen) atoms. The Morgan fingerprint density at radius 2 is 0.547 bits per heavy atom. The Balaban J connectivity index is 3.90. The highest BCUT2D eigenvalue weighted by atomic mass is 31.2. The average molecular weight is 1340 g/mol. The SMILES string of the molecule is CC/C=C\C/C=C\C/C=C\C/C=C\C/C=C\C/C=C\C/C=C\C/C=C\CCCCCCCCCCCCCCC(=O)OC(COC(=O)CCCCCCCCCCCCCCCCC/C=C\C/C=C\C/C=C\C/C=C\C/C=C\C/C=C\C/C=C\CC)COP(=O)(O)OCCN. The number of hydrogen-bond donors (Lipinski definition) is 2. The first kappa shape index (κ1) is 90.1. The summed E-state index contributed by atoms with van der Waals surface area (Å²) in [7, 11) is -4.41. The lowest BCUT2D eigenvalue weighted by Crippen LogP contribution is -2.29. The summed E-state index contributed by atoms with van der Waals surface area (Å²) in [5.41, 5.74) is 5.41. The maximum atomic E-state index is 12.8. The van der Waals surface area contributed by atoms with E-state index in [0.717, 1.165) is 141 Å². The van der Waals surface area contributed by atoms with Crippen molar-refractivity contribution >= 4 is 19.8 Å². The quantitative estimate of drug-likeness (QED) is 0.0264. The molecule has 0 saturated heterocycles. The summed E-state index contributed by atoms with van der Waals surface area (Å²) in [5, 5.41) is 0. The van der Waals surface area contributed by atoms with Gasteiger partial charge in [-0.15, -0.1) is 0 Å². The molecule has 0 aromatic carbocycles. The number of unbranched alkanes of at least 4 members (excludes halogenated alkanes) is 27. The number of phosphoric ester groups is 1. The summed E-state index contributed by atoms with van der Waals surface area (Å²) >= 11 is 0. The van der Waals surface area contributed by atoms with Crippen LogP contribution in [0, 0.1) is 0 Å². The molecule has 0 aliphatic rings. The van der Waals surface area contributed by atoms with Gasteiger partial charge < -0.3 is 20.1 Å². The maximum Gasteiger partial charge on any atom is 0.472 e. The molecule has 0 aromatic rings. The van der Waals surface area contributed by atoms with E-state index >= 15 is 0 Å². The van der Waals surface area contributed by atoms with Gasteiger partial charge >= 0.3 is 19.8 Å². The molecule has 0 fully saturated rings. The summed E-state index contributed by atoms with van der Waals surface area (Å²) < 4.78 is 33.2. The number of carbonyl (C=O) groups is 2. The van der Waals surface area contributed by atoms with E-state index in [-0.39, 0.29) is 38.6 Å². The van der Waals surface area contributed by atoms with Crippen LogP contribution < -0.4 is 5.73 Å². The molecule has 2 atom stereocenters. The molecule has 0 saturated carbocycles. The smallest absolute Gasteiger partial charge is 0.462 e. The van der Waals surface area contributed by atoms with Crippen LogP contribution in [0.4, 0.5) is 0 Å². The molecule has 2 unspecified atom stereocenters. The molecule has 0 aromatic heterocycles. The van der Waals surface area contributed by atoms with Gasteiger partial charge in [-0.2, -0.15) is 0 Å². The van der Waals surface area contributed by atoms with E-state index in [4.69, 9.17) is 24.3 Å². The lowest BCUT2D eigenvalue weighted by atomic mass is 10.0. The van der Waals surface area contributed by atoms with Crippen molar-refractivity contribution < 1.29 is 37.6 Å². The highest BCUT2D eigenvalue weighted by Gasteiger charge is 2.26. The molecule has 3 N–H and O–H groups in total.